The van der Waals surface area contributed by atoms with E-state index in [4.69, 9.17) is 0 Å². The molecule has 2 unspecified atom stereocenters. The highest BCUT2D eigenvalue weighted by Crippen LogP contribution is 2.43. The Balaban J connectivity index is 1.23. The van der Waals surface area contributed by atoms with Gasteiger partial charge in [-0.25, -0.2) is 0 Å². The van der Waals surface area contributed by atoms with Gasteiger partial charge in [0.1, 0.15) is 0 Å². The van der Waals surface area contributed by atoms with Gasteiger partial charge in [-0.15, -0.1) is 11.3 Å². The van der Waals surface area contributed by atoms with Crippen molar-refractivity contribution in [3.8, 4) is 11.1 Å². The molecule has 0 fully saturated rings. The van der Waals surface area contributed by atoms with Crippen LogP contribution in [0.4, 0.5) is 5.69 Å². The minimum Gasteiger partial charge on any atom is -0.376 e. The molecule has 4 aromatic carbocycles. The van der Waals surface area contributed by atoms with Crippen LogP contribution in [0.2, 0.25) is 0 Å². The summed E-state index contributed by atoms with van der Waals surface area (Å²) in [7, 11) is 0. The quantitative estimate of drug-likeness (QED) is 0.245. The molecule has 0 saturated heterocycles. The SMILES string of the molecule is C1=CC(C2C=Cc3c(c4cccc(-c5ccccc5)c4n3Cc3ccccc3)N2)Cc2c1sc1ccccc21. The van der Waals surface area contributed by atoms with E-state index < -0.39 is 0 Å². The molecule has 2 aromatic heterocycles. The monoisotopic (exact) mass is 520 g/mol. The molecule has 2 nitrogen and oxygen atoms in total. The van der Waals surface area contributed by atoms with Gasteiger partial charge in [-0.3, -0.25) is 0 Å². The highest BCUT2D eigenvalue weighted by atomic mass is 32.1. The lowest BCUT2D eigenvalue weighted by atomic mass is 9.85. The Morgan fingerprint density at radius 2 is 1.51 bits per heavy atom. The van der Waals surface area contributed by atoms with Gasteiger partial charge in [0.15, 0.2) is 0 Å². The van der Waals surface area contributed by atoms with Crippen molar-refractivity contribution >= 4 is 50.2 Å². The molecule has 0 radical (unpaired) electrons. The molecule has 3 heterocycles. The Labute approximate surface area is 232 Å². The van der Waals surface area contributed by atoms with E-state index in [0.717, 1.165) is 13.0 Å². The van der Waals surface area contributed by atoms with Gasteiger partial charge in [0, 0.05) is 33.0 Å². The van der Waals surface area contributed by atoms with Gasteiger partial charge in [0.25, 0.3) is 0 Å². The first-order valence-corrected chi connectivity index (χ1v) is 14.5. The number of nitrogens with zero attached hydrogens (tertiary/aromatic N) is 1. The minimum absolute atomic E-state index is 0.247. The van der Waals surface area contributed by atoms with Gasteiger partial charge in [-0.05, 0) is 46.7 Å². The standard InChI is InChI=1S/C36H28N2S/c1-3-10-24(11-4-1)23-38-32-20-19-31(26-18-21-34-30(22-26)28-14-7-8-17-33(28)39-34)37-35(32)29-16-9-15-27(36(29)38)25-12-5-2-6-13-25/h1-21,26,31,37H,22-23H2. The smallest absolute Gasteiger partial charge is 0.0681 e. The molecule has 0 spiro atoms. The molecule has 2 atom stereocenters. The second kappa shape index (κ2) is 9.14. The number of para-hydroxylation sites is 1. The van der Waals surface area contributed by atoms with Crippen molar-refractivity contribution in [2.24, 2.45) is 5.92 Å². The predicted molar refractivity (Wildman–Crippen MR) is 167 cm³/mol. The van der Waals surface area contributed by atoms with Crippen molar-refractivity contribution in [3.05, 3.63) is 137 Å². The number of rotatable bonds is 4. The lowest BCUT2D eigenvalue weighted by molar-refractivity contribution is 0.600. The van der Waals surface area contributed by atoms with E-state index in [-0.39, 0.29) is 6.04 Å². The highest BCUT2D eigenvalue weighted by Gasteiger charge is 2.29. The summed E-state index contributed by atoms with van der Waals surface area (Å²) in [4.78, 5) is 1.42. The molecule has 1 aliphatic heterocycles. The van der Waals surface area contributed by atoms with Crippen LogP contribution < -0.4 is 5.32 Å². The maximum Gasteiger partial charge on any atom is 0.0681 e. The second-order valence-electron chi connectivity index (χ2n) is 10.6. The van der Waals surface area contributed by atoms with Gasteiger partial charge in [0.05, 0.1) is 22.9 Å². The topological polar surface area (TPSA) is 17.0 Å². The zero-order valence-corrected chi connectivity index (χ0v) is 22.4. The van der Waals surface area contributed by atoms with Crippen LogP contribution in [0.25, 0.3) is 44.3 Å². The molecule has 2 aliphatic rings. The van der Waals surface area contributed by atoms with Gasteiger partial charge in [-0.1, -0.05) is 109 Å². The van der Waals surface area contributed by atoms with Gasteiger partial charge >= 0.3 is 0 Å². The molecule has 0 saturated carbocycles. The van der Waals surface area contributed by atoms with Gasteiger partial charge in [0.2, 0.25) is 0 Å². The molecule has 39 heavy (non-hydrogen) atoms. The fourth-order valence-electron chi connectivity index (χ4n) is 6.42. The highest BCUT2D eigenvalue weighted by molar-refractivity contribution is 7.20. The van der Waals surface area contributed by atoms with E-state index in [1.54, 1.807) is 0 Å². The van der Waals surface area contributed by atoms with Crippen LogP contribution in [0.3, 0.4) is 0 Å². The Kier molecular flexibility index (Phi) is 5.31. The first kappa shape index (κ1) is 22.6. The normalized spacial score (nSPS) is 17.7. The van der Waals surface area contributed by atoms with Crippen LogP contribution in [0.5, 0.6) is 0 Å². The maximum absolute atomic E-state index is 4.01. The Morgan fingerprint density at radius 1 is 0.744 bits per heavy atom. The third kappa shape index (κ3) is 3.77. The van der Waals surface area contributed by atoms with Crippen LogP contribution in [-0.2, 0) is 13.0 Å². The lowest BCUT2D eigenvalue weighted by Crippen LogP contribution is -2.30. The summed E-state index contributed by atoms with van der Waals surface area (Å²) in [5.74, 6) is 0.407. The minimum atomic E-state index is 0.247. The number of hydrogen-bond acceptors (Lipinski definition) is 2. The largest absolute Gasteiger partial charge is 0.376 e. The number of nitrogens with one attached hydrogen (secondary N) is 1. The average Bonchev–Trinajstić information content (AvgIpc) is 3.53. The molecule has 6 aromatic rings. The Bertz CT molecular complexity index is 1890. The fourth-order valence-corrected chi connectivity index (χ4v) is 7.57. The van der Waals surface area contributed by atoms with Crippen LogP contribution in [0.1, 0.15) is 21.7 Å². The number of fused-ring (bicyclic) bond motifs is 6. The van der Waals surface area contributed by atoms with Crippen molar-refractivity contribution < 1.29 is 0 Å². The molecule has 0 amide bonds. The third-order valence-corrected chi connectivity index (χ3v) is 9.47. The predicted octanol–water partition coefficient (Wildman–Crippen LogP) is 9.26. The van der Waals surface area contributed by atoms with Gasteiger partial charge < -0.3 is 9.88 Å². The van der Waals surface area contributed by atoms with Gasteiger partial charge in [-0.2, -0.15) is 0 Å². The van der Waals surface area contributed by atoms with E-state index >= 15 is 0 Å². The zero-order valence-electron chi connectivity index (χ0n) is 21.5. The van der Waals surface area contributed by atoms with Crippen molar-refractivity contribution in [1.29, 1.82) is 0 Å². The zero-order chi connectivity index (χ0) is 25.8. The van der Waals surface area contributed by atoms with Crippen molar-refractivity contribution in [3.63, 3.8) is 0 Å². The van der Waals surface area contributed by atoms with Crippen LogP contribution >= 0.6 is 11.3 Å². The van der Waals surface area contributed by atoms with Crippen LogP contribution in [0, 0.1) is 5.92 Å². The van der Waals surface area contributed by atoms with E-state index in [1.165, 1.54) is 59.5 Å². The summed E-state index contributed by atoms with van der Waals surface area (Å²) in [6, 6.07) is 37.4. The summed E-state index contributed by atoms with van der Waals surface area (Å²) in [5, 5.41) is 6.72. The number of anilines is 1. The molecule has 3 heteroatoms. The summed E-state index contributed by atoms with van der Waals surface area (Å²) < 4.78 is 3.89. The molecular weight excluding hydrogens is 492 g/mol. The second-order valence-corrected chi connectivity index (χ2v) is 11.7. The van der Waals surface area contributed by atoms with E-state index in [1.807, 2.05) is 11.3 Å². The molecule has 8 rings (SSSR count). The Hall–Kier alpha value is -4.34. The van der Waals surface area contributed by atoms with Crippen molar-refractivity contribution in [2.45, 2.75) is 19.0 Å². The first-order chi connectivity index (χ1) is 19.3. The van der Waals surface area contributed by atoms with E-state index in [9.17, 15) is 0 Å². The summed E-state index contributed by atoms with van der Waals surface area (Å²) in [6.07, 6.45) is 10.6. The number of thiophene rings is 1. The van der Waals surface area contributed by atoms with E-state index in [2.05, 4.69) is 137 Å². The maximum atomic E-state index is 4.01. The van der Waals surface area contributed by atoms with Crippen molar-refractivity contribution in [2.75, 3.05) is 5.32 Å². The molecule has 1 aliphatic carbocycles. The average molecular weight is 521 g/mol. The van der Waals surface area contributed by atoms with E-state index in [0.29, 0.717) is 5.92 Å². The summed E-state index contributed by atoms with van der Waals surface area (Å²) in [6.45, 7) is 0.834. The number of benzene rings is 4. The van der Waals surface area contributed by atoms with Crippen LogP contribution in [0.15, 0.2) is 115 Å². The third-order valence-electron chi connectivity index (χ3n) is 8.29. The molecular formula is C36H28N2S. The van der Waals surface area contributed by atoms with Crippen LogP contribution in [-0.4, -0.2) is 10.6 Å². The first-order valence-electron chi connectivity index (χ1n) is 13.7. The molecule has 1 N–H and O–H groups in total. The molecule has 188 valence electrons. The van der Waals surface area contributed by atoms with Crippen molar-refractivity contribution in [1.82, 2.24) is 4.57 Å². The Morgan fingerprint density at radius 3 is 2.38 bits per heavy atom. The lowest BCUT2D eigenvalue weighted by Gasteiger charge is -2.29. The summed E-state index contributed by atoms with van der Waals surface area (Å²) in [5.41, 5.74) is 9.14. The summed E-state index contributed by atoms with van der Waals surface area (Å²) >= 11 is 1.91. The molecule has 0 bridgehead atoms. The number of hydrogen-bond donors (Lipinski definition) is 1. The number of aromatic nitrogens is 1. The fraction of sp³-hybridized carbons (Fsp3) is 0.111.